The molecule has 2 aromatic carbocycles. The lowest BCUT2D eigenvalue weighted by Gasteiger charge is -2.29. The molecule has 172 valence electrons. The monoisotopic (exact) mass is 434 g/mol. The van der Waals surface area contributed by atoms with Crippen molar-refractivity contribution in [1.29, 1.82) is 0 Å². The number of unbranched alkanes of at least 4 members (excludes halogenated alkanes) is 2. The van der Waals surface area contributed by atoms with Gasteiger partial charge in [0.05, 0.1) is 0 Å². The van der Waals surface area contributed by atoms with Crippen LogP contribution >= 0.6 is 0 Å². The molecule has 32 heavy (non-hydrogen) atoms. The Kier molecular flexibility index (Phi) is 9.11. The van der Waals surface area contributed by atoms with Crippen LogP contribution in [0, 0.1) is 5.92 Å². The Labute approximate surface area is 193 Å². The average molecular weight is 435 g/mol. The zero-order valence-electron chi connectivity index (χ0n) is 19.7. The highest BCUT2D eigenvalue weighted by Crippen LogP contribution is 2.39. The van der Waals surface area contributed by atoms with Gasteiger partial charge in [-0.1, -0.05) is 75.6 Å². The second-order valence-corrected chi connectivity index (χ2v) is 9.31. The zero-order chi connectivity index (χ0) is 22.9. The summed E-state index contributed by atoms with van der Waals surface area (Å²) in [6, 6.07) is 14.6. The third-order valence-corrected chi connectivity index (χ3v) is 6.75. The lowest BCUT2D eigenvalue weighted by atomic mass is 9.77. The Morgan fingerprint density at radius 3 is 2.41 bits per heavy atom. The summed E-state index contributed by atoms with van der Waals surface area (Å²) in [7, 11) is 0. The van der Waals surface area contributed by atoms with Gasteiger partial charge in [0.2, 0.25) is 0 Å². The number of esters is 1. The maximum absolute atomic E-state index is 12.2. The summed E-state index contributed by atoms with van der Waals surface area (Å²) < 4.78 is 5.63. The van der Waals surface area contributed by atoms with Crippen molar-refractivity contribution in [1.82, 2.24) is 0 Å². The fourth-order valence-electron chi connectivity index (χ4n) is 4.76. The second kappa shape index (κ2) is 12.0. The first-order valence-corrected chi connectivity index (χ1v) is 12.2. The third kappa shape index (κ3) is 6.56. The van der Waals surface area contributed by atoms with Crippen LogP contribution in [0.5, 0.6) is 5.75 Å². The van der Waals surface area contributed by atoms with Crippen molar-refractivity contribution in [3.05, 3.63) is 65.7 Å². The predicted molar refractivity (Wildman–Crippen MR) is 132 cm³/mol. The van der Waals surface area contributed by atoms with E-state index in [1.54, 1.807) is 6.92 Å². The van der Waals surface area contributed by atoms with Gasteiger partial charge in [-0.25, -0.2) is 4.79 Å². The number of carbonyl (C=O) groups excluding carboxylic acids is 1. The average Bonchev–Trinajstić information content (AvgIpc) is 2.80. The van der Waals surface area contributed by atoms with Gasteiger partial charge in [0.15, 0.2) is 0 Å². The minimum Gasteiger partial charge on any atom is -0.423 e. The smallest absolute Gasteiger partial charge is 0.338 e. The molecular weight excluding hydrogens is 396 g/mol. The number of aliphatic hydroxyl groups is 1. The molecule has 0 heterocycles. The second-order valence-electron chi connectivity index (χ2n) is 9.31. The van der Waals surface area contributed by atoms with Gasteiger partial charge >= 0.3 is 5.97 Å². The van der Waals surface area contributed by atoms with E-state index in [4.69, 9.17) is 4.74 Å². The van der Waals surface area contributed by atoms with E-state index in [1.165, 1.54) is 56.9 Å². The van der Waals surface area contributed by atoms with Crippen molar-refractivity contribution in [3.63, 3.8) is 0 Å². The normalized spacial score (nSPS) is 18.3. The molecule has 1 aliphatic rings. The summed E-state index contributed by atoms with van der Waals surface area (Å²) in [5.41, 5.74) is 4.63. The van der Waals surface area contributed by atoms with Crippen LogP contribution in [0.25, 0.3) is 11.1 Å². The van der Waals surface area contributed by atoms with Crippen LogP contribution in [-0.4, -0.2) is 17.7 Å². The maximum Gasteiger partial charge on any atom is 0.338 e. The van der Waals surface area contributed by atoms with E-state index in [9.17, 15) is 9.90 Å². The number of hydrogen-bond donors (Lipinski definition) is 1. The standard InChI is InChI=1S/C29H38O3/c1-4-5-6-7-22-8-11-24(12-9-22)25-13-15-26(16-14-25)27-17-10-23(18-19-30)20-28(27)32-29(31)21(2)3/h10,13-17,20,22,24,30H,2,4-9,11-12,18-19H2,1,3H3. The van der Waals surface area contributed by atoms with Crippen molar-refractivity contribution >= 4 is 5.97 Å². The van der Waals surface area contributed by atoms with Gasteiger partial charge in [0.1, 0.15) is 5.75 Å². The number of ether oxygens (including phenoxy) is 1. The minimum absolute atomic E-state index is 0.0583. The SMILES string of the molecule is C=C(C)C(=O)Oc1cc(CCO)ccc1-c1ccc(C2CCC(CCCCC)CC2)cc1. The maximum atomic E-state index is 12.2. The molecule has 0 bridgehead atoms. The Morgan fingerprint density at radius 1 is 1.06 bits per heavy atom. The Bertz CT molecular complexity index is 889. The van der Waals surface area contributed by atoms with E-state index in [2.05, 4.69) is 37.8 Å². The van der Waals surface area contributed by atoms with Gasteiger partial charge in [-0.3, -0.25) is 0 Å². The molecule has 0 radical (unpaired) electrons. The van der Waals surface area contributed by atoms with Crippen LogP contribution in [-0.2, 0) is 11.2 Å². The van der Waals surface area contributed by atoms with Gasteiger partial charge < -0.3 is 9.84 Å². The molecule has 1 N–H and O–H groups in total. The molecule has 1 aliphatic carbocycles. The highest BCUT2D eigenvalue weighted by Gasteiger charge is 2.22. The molecule has 1 fully saturated rings. The first-order chi connectivity index (χ1) is 15.5. The van der Waals surface area contributed by atoms with Gasteiger partial charge in [-0.2, -0.15) is 0 Å². The Hall–Kier alpha value is -2.39. The molecular formula is C29H38O3. The van der Waals surface area contributed by atoms with Crippen LogP contribution in [0.1, 0.15) is 82.3 Å². The van der Waals surface area contributed by atoms with Gasteiger partial charge in [-0.15, -0.1) is 0 Å². The van der Waals surface area contributed by atoms with Crippen molar-refractivity contribution in [2.45, 2.75) is 77.6 Å². The summed E-state index contributed by atoms with van der Waals surface area (Å²) in [6.07, 6.45) is 11.3. The van der Waals surface area contributed by atoms with Crippen LogP contribution < -0.4 is 4.74 Å². The molecule has 0 atom stereocenters. The molecule has 0 saturated heterocycles. The van der Waals surface area contributed by atoms with Gasteiger partial charge in [-0.05, 0) is 73.6 Å². The van der Waals surface area contributed by atoms with E-state index in [1.807, 2.05) is 18.2 Å². The first kappa shape index (κ1) is 24.3. The van der Waals surface area contributed by atoms with Gasteiger partial charge in [0.25, 0.3) is 0 Å². The van der Waals surface area contributed by atoms with Crippen LogP contribution in [0.3, 0.4) is 0 Å². The van der Waals surface area contributed by atoms with E-state index in [-0.39, 0.29) is 6.61 Å². The number of rotatable bonds is 10. The van der Waals surface area contributed by atoms with E-state index >= 15 is 0 Å². The number of hydrogen-bond acceptors (Lipinski definition) is 3. The van der Waals surface area contributed by atoms with E-state index in [0.29, 0.717) is 23.7 Å². The highest BCUT2D eigenvalue weighted by molar-refractivity contribution is 5.90. The summed E-state index contributed by atoms with van der Waals surface area (Å²) in [6.45, 7) is 7.67. The molecule has 1 saturated carbocycles. The van der Waals surface area contributed by atoms with Crippen LogP contribution in [0.4, 0.5) is 0 Å². The Balaban J connectivity index is 1.71. The number of aliphatic hydroxyl groups excluding tert-OH is 1. The molecule has 0 aliphatic heterocycles. The van der Waals surface area contributed by atoms with Crippen molar-refractivity contribution in [3.8, 4) is 16.9 Å². The molecule has 0 unspecified atom stereocenters. The van der Waals surface area contributed by atoms with Crippen LogP contribution in [0.15, 0.2) is 54.6 Å². The summed E-state index contributed by atoms with van der Waals surface area (Å²) in [5, 5.41) is 9.27. The number of benzene rings is 2. The number of carbonyl (C=O) groups is 1. The largest absolute Gasteiger partial charge is 0.423 e. The quantitative estimate of drug-likeness (QED) is 0.186. The molecule has 2 aromatic rings. The fourth-order valence-corrected chi connectivity index (χ4v) is 4.76. The molecule has 3 nitrogen and oxygen atoms in total. The molecule has 0 spiro atoms. The predicted octanol–water partition coefficient (Wildman–Crippen LogP) is 7.22. The highest BCUT2D eigenvalue weighted by atomic mass is 16.5. The Morgan fingerprint density at radius 2 is 1.78 bits per heavy atom. The molecule has 3 heteroatoms. The third-order valence-electron chi connectivity index (χ3n) is 6.75. The van der Waals surface area contributed by atoms with Gasteiger partial charge in [0, 0.05) is 17.7 Å². The molecule has 0 aromatic heterocycles. The molecule has 0 amide bonds. The topological polar surface area (TPSA) is 46.5 Å². The lowest BCUT2D eigenvalue weighted by molar-refractivity contribution is -0.130. The van der Waals surface area contributed by atoms with E-state index in [0.717, 1.165) is 22.6 Å². The summed E-state index contributed by atoms with van der Waals surface area (Å²) in [5.74, 6) is 1.66. The lowest BCUT2D eigenvalue weighted by Crippen LogP contribution is -2.13. The fraction of sp³-hybridized carbons (Fsp3) is 0.483. The van der Waals surface area contributed by atoms with Crippen molar-refractivity contribution in [2.24, 2.45) is 5.92 Å². The summed E-state index contributed by atoms with van der Waals surface area (Å²) >= 11 is 0. The van der Waals surface area contributed by atoms with Crippen LogP contribution in [0.2, 0.25) is 0 Å². The zero-order valence-corrected chi connectivity index (χ0v) is 19.7. The molecule has 3 rings (SSSR count). The summed E-state index contributed by atoms with van der Waals surface area (Å²) in [4.78, 5) is 12.2. The van der Waals surface area contributed by atoms with Crippen molar-refractivity contribution < 1.29 is 14.6 Å². The van der Waals surface area contributed by atoms with Crippen molar-refractivity contribution in [2.75, 3.05) is 6.61 Å². The first-order valence-electron chi connectivity index (χ1n) is 12.2. The van der Waals surface area contributed by atoms with E-state index < -0.39 is 5.97 Å². The minimum atomic E-state index is -0.431.